The van der Waals surface area contributed by atoms with Crippen molar-refractivity contribution in [2.75, 3.05) is 0 Å². The van der Waals surface area contributed by atoms with Crippen molar-refractivity contribution in [2.24, 2.45) is 17.8 Å². The fraction of sp³-hybridized carbons (Fsp3) is 0.565. The molecule has 2 aliphatic carbocycles. The van der Waals surface area contributed by atoms with Crippen molar-refractivity contribution >= 4 is 23.7 Å². The summed E-state index contributed by atoms with van der Waals surface area (Å²) in [4.78, 5) is 51.1. The second-order valence-electron chi connectivity index (χ2n) is 8.92. The van der Waals surface area contributed by atoms with Gasteiger partial charge in [-0.25, -0.2) is 4.79 Å². The Kier molecular flexibility index (Phi) is 5.38. The Hall–Kier alpha value is -2.70. The molecule has 1 aromatic carbocycles. The predicted molar refractivity (Wildman–Crippen MR) is 109 cm³/mol. The van der Waals surface area contributed by atoms with E-state index in [4.69, 9.17) is 4.74 Å². The van der Waals surface area contributed by atoms with Crippen molar-refractivity contribution in [2.45, 2.75) is 64.6 Å². The Labute approximate surface area is 176 Å². The van der Waals surface area contributed by atoms with Crippen LogP contribution in [0.2, 0.25) is 0 Å². The molecule has 0 aromatic heterocycles. The van der Waals surface area contributed by atoms with Crippen molar-refractivity contribution in [1.82, 2.24) is 10.2 Å². The number of carbonyl (C=O) groups is 4. The molecule has 6 atom stereocenters. The first-order chi connectivity index (χ1) is 14.3. The van der Waals surface area contributed by atoms with Gasteiger partial charge in [-0.05, 0) is 69.9 Å². The second-order valence-corrected chi connectivity index (χ2v) is 8.92. The minimum atomic E-state index is -1.12. The Bertz CT molecular complexity index is 862. The molecule has 0 unspecified atom stereocenters. The third-order valence-electron chi connectivity index (χ3n) is 7.02. The molecule has 0 radical (unpaired) electrons. The Balaban J connectivity index is 1.33. The lowest BCUT2D eigenvalue weighted by molar-refractivity contribution is -0.158. The van der Waals surface area contributed by atoms with Crippen molar-refractivity contribution in [3.63, 3.8) is 0 Å². The van der Waals surface area contributed by atoms with Gasteiger partial charge in [0.25, 0.3) is 17.7 Å². The lowest BCUT2D eigenvalue weighted by Gasteiger charge is -2.29. The number of carbonyl (C=O) groups excluding carboxylic acids is 4. The molecule has 2 bridgehead atoms. The minimum absolute atomic E-state index is 0.0302. The monoisotopic (exact) mass is 412 g/mol. The molecule has 2 fully saturated rings. The van der Waals surface area contributed by atoms with Gasteiger partial charge in [0.15, 0.2) is 6.10 Å². The van der Waals surface area contributed by atoms with Crippen LogP contribution in [0, 0.1) is 17.8 Å². The number of nitrogens with one attached hydrogen (secondary N) is 1. The lowest BCUT2D eigenvalue weighted by atomic mass is 9.84. The van der Waals surface area contributed by atoms with Gasteiger partial charge in [0.2, 0.25) is 0 Å². The molecule has 0 saturated heterocycles. The number of hydrogen-bond donors (Lipinski definition) is 1. The highest BCUT2D eigenvalue weighted by Gasteiger charge is 2.43. The first-order valence-electron chi connectivity index (χ1n) is 10.8. The van der Waals surface area contributed by atoms with Crippen LogP contribution in [0.25, 0.3) is 0 Å². The Morgan fingerprint density at radius 2 is 1.67 bits per heavy atom. The van der Waals surface area contributed by atoms with Gasteiger partial charge in [-0.1, -0.05) is 18.6 Å². The van der Waals surface area contributed by atoms with E-state index in [-0.39, 0.29) is 23.1 Å². The third kappa shape index (κ3) is 3.50. The summed E-state index contributed by atoms with van der Waals surface area (Å²) in [6, 6.07) is 5.36. The average molecular weight is 412 g/mol. The summed E-state index contributed by atoms with van der Waals surface area (Å²) in [6.07, 6.45) is 3.93. The van der Waals surface area contributed by atoms with Crippen LogP contribution in [0.15, 0.2) is 24.3 Å². The Morgan fingerprint density at radius 3 is 2.20 bits per heavy atom. The molecule has 30 heavy (non-hydrogen) atoms. The van der Waals surface area contributed by atoms with E-state index in [0.29, 0.717) is 11.8 Å². The van der Waals surface area contributed by atoms with E-state index in [0.717, 1.165) is 17.2 Å². The summed E-state index contributed by atoms with van der Waals surface area (Å²) in [6.45, 7) is 4.96. The summed E-state index contributed by atoms with van der Waals surface area (Å²) < 4.78 is 5.31. The third-order valence-corrected chi connectivity index (χ3v) is 7.02. The fourth-order valence-corrected chi connectivity index (χ4v) is 5.35. The average Bonchev–Trinajstić information content (AvgIpc) is 3.42. The maximum Gasteiger partial charge on any atom is 0.329 e. The van der Waals surface area contributed by atoms with Crippen LogP contribution in [0.3, 0.4) is 0 Å². The number of amides is 3. The highest BCUT2D eigenvalue weighted by molar-refractivity contribution is 6.22. The first-order valence-corrected chi connectivity index (χ1v) is 10.8. The fourth-order valence-electron chi connectivity index (χ4n) is 5.35. The zero-order chi connectivity index (χ0) is 21.6. The second kappa shape index (κ2) is 7.85. The van der Waals surface area contributed by atoms with Crippen molar-refractivity contribution in [1.29, 1.82) is 0 Å². The number of imide groups is 1. The highest BCUT2D eigenvalue weighted by atomic mass is 16.5. The number of hydrogen-bond acceptors (Lipinski definition) is 5. The van der Waals surface area contributed by atoms with E-state index in [1.807, 2.05) is 6.92 Å². The largest absolute Gasteiger partial charge is 0.451 e. The van der Waals surface area contributed by atoms with Gasteiger partial charge in [0.05, 0.1) is 11.1 Å². The maximum absolute atomic E-state index is 12.6. The van der Waals surface area contributed by atoms with E-state index in [1.165, 1.54) is 33.1 Å². The molecule has 3 aliphatic rings. The summed E-state index contributed by atoms with van der Waals surface area (Å²) in [5.41, 5.74) is 0.542. The van der Waals surface area contributed by atoms with E-state index < -0.39 is 29.9 Å². The molecule has 7 nitrogen and oxygen atoms in total. The summed E-state index contributed by atoms with van der Waals surface area (Å²) in [5.74, 6) is -0.239. The molecule has 2 saturated carbocycles. The van der Waals surface area contributed by atoms with Crippen LogP contribution in [-0.2, 0) is 14.3 Å². The van der Waals surface area contributed by atoms with Gasteiger partial charge >= 0.3 is 5.97 Å². The normalized spacial score (nSPS) is 27.6. The van der Waals surface area contributed by atoms with Gasteiger partial charge in [-0.15, -0.1) is 0 Å². The Morgan fingerprint density at radius 1 is 1.03 bits per heavy atom. The van der Waals surface area contributed by atoms with Crippen LogP contribution in [0.1, 0.15) is 67.2 Å². The topological polar surface area (TPSA) is 92.8 Å². The zero-order valence-electron chi connectivity index (χ0n) is 17.6. The van der Waals surface area contributed by atoms with Gasteiger partial charge in [0.1, 0.15) is 6.04 Å². The van der Waals surface area contributed by atoms with E-state index in [2.05, 4.69) is 5.32 Å². The number of ether oxygens (including phenoxy) is 1. The van der Waals surface area contributed by atoms with E-state index in [9.17, 15) is 19.2 Å². The molecular weight excluding hydrogens is 384 g/mol. The molecule has 1 aromatic rings. The van der Waals surface area contributed by atoms with Crippen LogP contribution < -0.4 is 5.32 Å². The molecule has 4 rings (SSSR count). The molecule has 1 aliphatic heterocycles. The molecule has 7 heteroatoms. The SMILES string of the molecule is C[C@H](C(=O)O[C@H](C)C(=O)N[C@H](C)[C@H]1C[C@@H]2CC[C@@H]1C2)N1C(=O)c2ccccc2C1=O. The summed E-state index contributed by atoms with van der Waals surface area (Å²) >= 11 is 0. The summed E-state index contributed by atoms with van der Waals surface area (Å²) in [5, 5.41) is 2.99. The highest BCUT2D eigenvalue weighted by Crippen LogP contribution is 2.49. The number of esters is 1. The smallest absolute Gasteiger partial charge is 0.329 e. The van der Waals surface area contributed by atoms with Crippen molar-refractivity contribution in [3.8, 4) is 0 Å². The van der Waals surface area contributed by atoms with Gasteiger partial charge < -0.3 is 10.1 Å². The maximum atomic E-state index is 12.6. The lowest BCUT2D eigenvalue weighted by Crippen LogP contribution is -2.48. The molecule has 1 N–H and O–H groups in total. The van der Waals surface area contributed by atoms with Crippen LogP contribution in [0.5, 0.6) is 0 Å². The number of rotatable bonds is 6. The molecule has 160 valence electrons. The number of fused-ring (bicyclic) bond motifs is 3. The van der Waals surface area contributed by atoms with Crippen molar-refractivity contribution < 1.29 is 23.9 Å². The quantitative estimate of drug-likeness (QED) is 0.573. The molecular formula is C23H28N2O5. The molecule has 1 heterocycles. The first kappa shape index (κ1) is 20.6. The van der Waals surface area contributed by atoms with Crippen LogP contribution >= 0.6 is 0 Å². The molecule has 3 amide bonds. The number of benzene rings is 1. The van der Waals surface area contributed by atoms with Crippen LogP contribution in [0.4, 0.5) is 0 Å². The zero-order valence-corrected chi connectivity index (χ0v) is 17.6. The van der Waals surface area contributed by atoms with Gasteiger partial charge in [0, 0.05) is 6.04 Å². The molecule has 0 spiro atoms. The standard InChI is InChI=1S/C23H28N2O5/c1-12(19-11-15-8-9-16(19)10-15)24-20(26)14(3)30-23(29)13(2)25-21(27)17-6-4-5-7-18(17)22(25)28/h4-7,12-16,19H,8-11H2,1-3H3,(H,24,26)/t12-,13-,14-,15-,16-,19-/m1/s1. The van der Waals surface area contributed by atoms with E-state index >= 15 is 0 Å². The summed E-state index contributed by atoms with van der Waals surface area (Å²) in [7, 11) is 0. The van der Waals surface area contributed by atoms with Gasteiger partial charge in [-0.2, -0.15) is 0 Å². The van der Waals surface area contributed by atoms with Crippen molar-refractivity contribution in [3.05, 3.63) is 35.4 Å². The minimum Gasteiger partial charge on any atom is -0.451 e. The van der Waals surface area contributed by atoms with Crippen LogP contribution in [-0.4, -0.2) is 46.8 Å². The van der Waals surface area contributed by atoms with E-state index in [1.54, 1.807) is 24.3 Å². The number of nitrogens with zero attached hydrogens (tertiary/aromatic N) is 1. The van der Waals surface area contributed by atoms with Gasteiger partial charge in [-0.3, -0.25) is 19.3 Å². The predicted octanol–water partition coefficient (Wildman–Crippen LogP) is 2.54.